The summed E-state index contributed by atoms with van der Waals surface area (Å²) in [5.41, 5.74) is 8.12. The number of aryl methyl sites for hydroxylation is 2. The van der Waals surface area contributed by atoms with E-state index in [0.717, 1.165) is 16.8 Å². The van der Waals surface area contributed by atoms with Crippen molar-refractivity contribution >= 4 is 24.0 Å². The number of rotatable bonds is 4. The molecule has 0 radical (unpaired) electrons. The average molecular weight is 327 g/mol. The Kier molecular flexibility index (Phi) is 5.66. The zero-order chi connectivity index (χ0) is 15.8. The molecule has 1 aromatic rings. The highest BCUT2D eigenvalue weighted by molar-refractivity contribution is 6.00. The highest BCUT2D eigenvalue weighted by atomic mass is 35.5. The molecule has 1 saturated carbocycles. The predicted molar refractivity (Wildman–Crippen MR) is 92.5 cm³/mol. The van der Waals surface area contributed by atoms with Crippen LogP contribution in [-0.4, -0.2) is 24.2 Å². The Labute approximate surface area is 139 Å². The van der Waals surface area contributed by atoms with E-state index in [2.05, 4.69) is 5.32 Å². The van der Waals surface area contributed by atoms with E-state index in [1.54, 1.807) is 0 Å². The van der Waals surface area contributed by atoms with Crippen molar-refractivity contribution in [1.29, 1.82) is 0 Å². The van der Waals surface area contributed by atoms with Crippen LogP contribution in [0.25, 0.3) is 0 Å². The molecule has 0 heterocycles. The molecule has 2 atom stereocenters. The quantitative estimate of drug-likeness (QED) is 0.893. The first-order valence-corrected chi connectivity index (χ1v) is 7.51. The van der Waals surface area contributed by atoms with Crippen LogP contribution in [0.1, 0.15) is 38.3 Å². The largest absolute Gasteiger partial charge is 0.378 e. The highest BCUT2D eigenvalue weighted by Gasteiger charge is 2.62. The molecule has 0 bridgehead atoms. The van der Waals surface area contributed by atoms with E-state index in [1.807, 2.05) is 52.8 Å². The third kappa shape index (κ3) is 3.00. The Morgan fingerprint density at radius 3 is 2.59 bits per heavy atom. The van der Waals surface area contributed by atoms with Gasteiger partial charge in [-0.1, -0.05) is 26.0 Å². The number of hydrogen-bond acceptors (Lipinski definition) is 3. The summed E-state index contributed by atoms with van der Waals surface area (Å²) in [4.78, 5) is 12.7. The van der Waals surface area contributed by atoms with Crippen molar-refractivity contribution in [3.8, 4) is 0 Å². The predicted octanol–water partition coefficient (Wildman–Crippen LogP) is 3.20. The normalized spacial score (nSPS) is 25.8. The van der Waals surface area contributed by atoms with Gasteiger partial charge in [-0.2, -0.15) is 0 Å². The minimum atomic E-state index is -0.886. The van der Waals surface area contributed by atoms with Gasteiger partial charge < -0.3 is 15.8 Å². The molecule has 1 aliphatic rings. The number of anilines is 1. The fraction of sp³-hybridized carbons (Fsp3) is 0.588. The summed E-state index contributed by atoms with van der Waals surface area (Å²) in [6, 6.07) is 6.01. The second-order valence-corrected chi connectivity index (χ2v) is 6.61. The topological polar surface area (TPSA) is 64.3 Å². The lowest BCUT2D eigenvalue weighted by atomic mass is 9.54. The summed E-state index contributed by atoms with van der Waals surface area (Å²) >= 11 is 0. The first-order chi connectivity index (χ1) is 9.72. The third-order valence-corrected chi connectivity index (χ3v) is 4.88. The molecular weight excluding hydrogens is 300 g/mol. The van der Waals surface area contributed by atoms with Crippen LogP contribution in [0.3, 0.4) is 0 Å². The van der Waals surface area contributed by atoms with Crippen molar-refractivity contribution in [2.45, 2.75) is 52.7 Å². The smallest absolute Gasteiger partial charge is 0.245 e. The maximum atomic E-state index is 12.7. The zero-order valence-corrected chi connectivity index (χ0v) is 14.8. The summed E-state index contributed by atoms with van der Waals surface area (Å²) in [5.74, 6) is -0.128. The number of ether oxygens (including phenoxy) is 1. The Balaban J connectivity index is 0.00000242. The van der Waals surface area contributed by atoms with Crippen molar-refractivity contribution < 1.29 is 9.53 Å². The molecule has 1 amide bonds. The SMILES string of the molecule is CCOC1CC(N)(C(=O)Nc2cc(C)ccc2C)C1(C)C.Cl. The molecule has 1 aliphatic carbocycles. The van der Waals surface area contributed by atoms with Crippen LogP contribution in [0, 0.1) is 19.3 Å². The molecule has 5 heteroatoms. The Hall–Kier alpha value is -1.10. The van der Waals surface area contributed by atoms with Crippen LogP contribution < -0.4 is 11.1 Å². The van der Waals surface area contributed by atoms with E-state index >= 15 is 0 Å². The lowest BCUT2D eigenvalue weighted by Gasteiger charge is -2.57. The van der Waals surface area contributed by atoms with E-state index in [-0.39, 0.29) is 29.8 Å². The van der Waals surface area contributed by atoms with Crippen molar-refractivity contribution in [2.75, 3.05) is 11.9 Å². The number of nitrogens with one attached hydrogen (secondary N) is 1. The Bertz CT molecular complexity index is 560. The van der Waals surface area contributed by atoms with E-state index in [1.165, 1.54) is 0 Å². The van der Waals surface area contributed by atoms with E-state index in [9.17, 15) is 4.79 Å². The maximum Gasteiger partial charge on any atom is 0.245 e. The number of carbonyl (C=O) groups excluding carboxylic acids is 1. The van der Waals surface area contributed by atoms with Crippen LogP contribution in [0.4, 0.5) is 5.69 Å². The number of amides is 1. The fourth-order valence-corrected chi connectivity index (χ4v) is 2.92. The first-order valence-electron chi connectivity index (χ1n) is 7.51. The second-order valence-electron chi connectivity index (χ2n) is 6.61. The van der Waals surface area contributed by atoms with Crippen LogP contribution >= 0.6 is 12.4 Å². The molecule has 3 N–H and O–H groups in total. The highest BCUT2D eigenvalue weighted by Crippen LogP contribution is 2.50. The van der Waals surface area contributed by atoms with Gasteiger partial charge in [-0.05, 0) is 38.0 Å². The van der Waals surface area contributed by atoms with Gasteiger partial charge in [0.1, 0.15) is 5.54 Å². The monoisotopic (exact) mass is 326 g/mol. The van der Waals surface area contributed by atoms with Gasteiger partial charge in [0.15, 0.2) is 0 Å². The average Bonchev–Trinajstić information content (AvgIpc) is 2.42. The van der Waals surface area contributed by atoms with E-state index < -0.39 is 5.54 Å². The zero-order valence-electron chi connectivity index (χ0n) is 14.0. The number of carbonyl (C=O) groups is 1. The molecule has 4 nitrogen and oxygen atoms in total. The first kappa shape index (κ1) is 18.9. The lowest BCUT2D eigenvalue weighted by molar-refractivity contribution is -0.166. The number of hydrogen-bond donors (Lipinski definition) is 2. The summed E-state index contributed by atoms with van der Waals surface area (Å²) in [6.45, 7) is 10.6. The van der Waals surface area contributed by atoms with E-state index in [4.69, 9.17) is 10.5 Å². The molecular formula is C17H27ClN2O2. The molecule has 124 valence electrons. The van der Waals surface area contributed by atoms with Crippen LogP contribution in [0.15, 0.2) is 18.2 Å². The van der Waals surface area contributed by atoms with Gasteiger partial charge in [0.2, 0.25) is 5.91 Å². The summed E-state index contributed by atoms with van der Waals surface area (Å²) in [6.07, 6.45) is 0.599. The van der Waals surface area contributed by atoms with Crippen LogP contribution in [0.5, 0.6) is 0 Å². The number of nitrogens with two attached hydrogens (primary N) is 1. The lowest BCUT2D eigenvalue weighted by Crippen LogP contribution is -2.74. The molecule has 0 aliphatic heterocycles. The van der Waals surface area contributed by atoms with Crippen molar-refractivity contribution in [3.05, 3.63) is 29.3 Å². The van der Waals surface area contributed by atoms with Gasteiger partial charge in [0.25, 0.3) is 0 Å². The van der Waals surface area contributed by atoms with E-state index in [0.29, 0.717) is 13.0 Å². The minimum Gasteiger partial charge on any atom is -0.378 e. The summed E-state index contributed by atoms with van der Waals surface area (Å²) in [5, 5.41) is 2.99. The van der Waals surface area contributed by atoms with Crippen LogP contribution in [0.2, 0.25) is 0 Å². The van der Waals surface area contributed by atoms with Crippen LogP contribution in [-0.2, 0) is 9.53 Å². The molecule has 0 saturated heterocycles. The van der Waals surface area contributed by atoms with Crippen molar-refractivity contribution in [1.82, 2.24) is 0 Å². The van der Waals surface area contributed by atoms with Gasteiger partial charge >= 0.3 is 0 Å². The van der Waals surface area contributed by atoms with Gasteiger partial charge in [0.05, 0.1) is 6.10 Å². The van der Waals surface area contributed by atoms with Gasteiger partial charge in [-0.25, -0.2) is 0 Å². The fourth-order valence-electron chi connectivity index (χ4n) is 2.92. The summed E-state index contributed by atoms with van der Waals surface area (Å²) in [7, 11) is 0. The summed E-state index contributed by atoms with van der Waals surface area (Å²) < 4.78 is 5.67. The molecule has 1 aromatic carbocycles. The van der Waals surface area contributed by atoms with Crippen molar-refractivity contribution in [3.63, 3.8) is 0 Å². The van der Waals surface area contributed by atoms with Crippen molar-refractivity contribution in [2.24, 2.45) is 11.1 Å². The van der Waals surface area contributed by atoms with Gasteiger partial charge in [0, 0.05) is 24.1 Å². The number of benzene rings is 1. The standard InChI is InChI=1S/C17H26N2O2.ClH/c1-6-21-14-10-17(18,16(14,4)5)15(20)19-13-9-11(2)7-8-12(13)3;/h7-9,14H,6,10,18H2,1-5H3,(H,19,20);1H. The molecule has 2 unspecified atom stereocenters. The Morgan fingerprint density at radius 1 is 1.41 bits per heavy atom. The Morgan fingerprint density at radius 2 is 2.05 bits per heavy atom. The van der Waals surface area contributed by atoms with Gasteiger partial charge in [-0.3, -0.25) is 4.79 Å². The minimum absolute atomic E-state index is 0. The third-order valence-electron chi connectivity index (χ3n) is 4.88. The second kappa shape index (κ2) is 6.57. The molecule has 22 heavy (non-hydrogen) atoms. The molecule has 1 fully saturated rings. The molecule has 2 rings (SSSR count). The molecule has 0 aromatic heterocycles. The van der Waals surface area contributed by atoms with Gasteiger partial charge in [-0.15, -0.1) is 12.4 Å². The number of halogens is 1. The maximum absolute atomic E-state index is 12.7. The molecule has 0 spiro atoms.